The SMILES string of the molecule is CC.CC.CC(=O)/C=C(\N)CCc1cc(CN)ccc1Cl. The topological polar surface area (TPSA) is 69.1 Å². The van der Waals surface area contributed by atoms with Crippen LogP contribution in [0.3, 0.4) is 0 Å². The maximum Gasteiger partial charge on any atom is 0.154 e. The molecule has 1 aromatic rings. The van der Waals surface area contributed by atoms with E-state index in [0.29, 0.717) is 30.1 Å². The van der Waals surface area contributed by atoms with E-state index >= 15 is 0 Å². The number of halogens is 1. The summed E-state index contributed by atoms with van der Waals surface area (Å²) in [4.78, 5) is 10.8. The quantitative estimate of drug-likeness (QED) is 0.800. The molecule has 4 N–H and O–H groups in total. The van der Waals surface area contributed by atoms with Crippen LogP contribution in [0.1, 0.15) is 52.2 Å². The van der Waals surface area contributed by atoms with Gasteiger partial charge in [0.1, 0.15) is 0 Å². The van der Waals surface area contributed by atoms with Gasteiger partial charge in [-0.1, -0.05) is 51.4 Å². The van der Waals surface area contributed by atoms with Crippen LogP contribution in [0.4, 0.5) is 0 Å². The molecule has 3 nitrogen and oxygen atoms in total. The Morgan fingerprint density at radius 2 is 1.81 bits per heavy atom. The van der Waals surface area contributed by atoms with E-state index in [2.05, 4.69) is 0 Å². The highest BCUT2D eigenvalue weighted by Gasteiger charge is 2.03. The monoisotopic (exact) mass is 312 g/mol. The third-order valence-corrected chi connectivity index (χ3v) is 2.79. The number of benzene rings is 1. The van der Waals surface area contributed by atoms with Gasteiger partial charge in [-0.3, -0.25) is 4.79 Å². The summed E-state index contributed by atoms with van der Waals surface area (Å²) in [6.45, 7) is 9.97. The van der Waals surface area contributed by atoms with Crippen LogP contribution >= 0.6 is 11.6 Å². The molecule has 0 aliphatic carbocycles. The molecule has 0 spiro atoms. The van der Waals surface area contributed by atoms with Crippen molar-refractivity contribution in [1.82, 2.24) is 0 Å². The number of rotatable bonds is 5. The van der Waals surface area contributed by atoms with Gasteiger partial charge < -0.3 is 11.5 Å². The van der Waals surface area contributed by atoms with Gasteiger partial charge in [0, 0.05) is 17.3 Å². The van der Waals surface area contributed by atoms with E-state index in [0.717, 1.165) is 11.1 Å². The van der Waals surface area contributed by atoms with Gasteiger partial charge >= 0.3 is 0 Å². The van der Waals surface area contributed by atoms with Crippen molar-refractivity contribution in [3.8, 4) is 0 Å². The number of aryl methyl sites for hydroxylation is 1. The van der Waals surface area contributed by atoms with Crippen molar-refractivity contribution in [2.45, 2.75) is 54.0 Å². The Hall–Kier alpha value is -1.32. The van der Waals surface area contributed by atoms with Crippen molar-refractivity contribution < 1.29 is 4.79 Å². The zero-order valence-corrected chi connectivity index (χ0v) is 14.6. The van der Waals surface area contributed by atoms with Gasteiger partial charge in [-0.25, -0.2) is 0 Å². The molecule has 21 heavy (non-hydrogen) atoms. The van der Waals surface area contributed by atoms with Crippen LogP contribution in [0, 0.1) is 0 Å². The number of ketones is 1. The highest BCUT2D eigenvalue weighted by atomic mass is 35.5. The third kappa shape index (κ3) is 10.1. The maximum atomic E-state index is 10.8. The molecule has 1 aromatic carbocycles. The van der Waals surface area contributed by atoms with Crippen LogP contribution in [0.25, 0.3) is 0 Å². The molecule has 0 unspecified atom stereocenters. The van der Waals surface area contributed by atoms with E-state index in [9.17, 15) is 4.79 Å². The lowest BCUT2D eigenvalue weighted by Gasteiger charge is -2.06. The molecule has 0 aromatic heterocycles. The summed E-state index contributed by atoms with van der Waals surface area (Å²) in [6, 6.07) is 5.72. The fraction of sp³-hybridized carbons (Fsp3) is 0.471. The predicted molar refractivity (Wildman–Crippen MR) is 93.3 cm³/mol. The number of hydrogen-bond acceptors (Lipinski definition) is 3. The van der Waals surface area contributed by atoms with Crippen LogP contribution in [0.5, 0.6) is 0 Å². The number of carbonyl (C=O) groups excluding carboxylic acids is 1. The molecule has 0 aliphatic rings. The molecule has 0 heterocycles. The fourth-order valence-electron chi connectivity index (χ4n) is 1.56. The van der Waals surface area contributed by atoms with Gasteiger partial charge in [0.05, 0.1) is 0 Å². The fourth-order valence-corrected chi connectivity index (χ4v) is 1.77. The largest absolute Gasteiger partial charge is 0.402 e. The van der Waals surface area contributed by atoms with Crippen molar-refractivity contribution in [2.75, 3.05) is 0 Å². The van der Waals surface area contributed by atoms with E-state index in [4.69, 9.17) is 23.1 Å². The summed E-state index contributed by atoms with van der Waals surface area (Å²) in [7, 11) is 0. The third-order valence-electron chi connectivity index (χ3n) is 2.42. The molecule has 0 bridgehead atoms. The number of nitrogens with two attached hydrogens (primary N) is 2. The van der Waals surface area contributed by atoms with E-state index in [1.165, 1.54) is 13.0 Å². The van der Waals surface area contributed by atoms with E-state index in [1.54, 1.807) is 0 Å². The van der Waals surface area contributed by atoms with Crippen molar-refractivity contribution >= 4 is 17.4 Å². The van der Waals surface area contributed by atoms with E-state index in [-0.39, 0.29) is 5.78 Å². The summed E-state index contributed by atoms with van der Waals surface area (Å²) >= 11 is 6.07. The lowest BCUT2D eigenvalue weighted by molar-refractivity contribution is -0.112. The van der Waals surface area contributed by atoms with Crippen LogP contribution in [0.15, 0.2) is 30.0 Å². The molecule has 0 saturated heterocycles. The molecule has 120 valence electrons. The Balaban J connectivity index is 0. The number of hydrogen-bond donors (Lipinski definition) is 2. The summed E-state index contributed by atoms with van der Waals surface area (Å²) in [5, 5.41) is 0.706. The van der Waals surface area contributed by atoms with Gasteiger partial charge in [0.25, 0.3) is 0 Å². The Kier molecular flexibility index (Phi) is 14.3. The Morgan fingerprint density at radius 3 is 2.29 bits per heavy atom. The van der Waals surface area contributed by atoms with Gasteiger partial charge in [-0.15, -0.1) is 0 Å². The molecule has 0 saturated carbocycles. The highest BCUT2D eigenvalue weighted by molar-refractivity contribution is 6.31. The minimum atomic E-state index is -0.0377. The first-order valence-electron chi connectivity index (χ1n) is 7.47. The molecule has 1 rings (SSSR count). The van der Waals surface area contributed by atoms with Gasteiger partial charge in [-0.05, 0) is 43.0 Å². The standard InChI is InChI=1S/C13H17ClN2O.2C2H6/c1-9(17)6-12(16)4-3-11-7-10(8-15)2-5-13(11)14;2*1-2/h2,5-7H,3-4,8,15-16H2,1H3;2*1-2H3/b12-6-;;. The molecular weight excluding hydrogens is 284 g/mol. The average Bonchev–Trinajstić information content (AvgIpc) is 2.50. The predicted octanol–water partition coefficient (Wildman–Crippen LogP) is 4.22. The van der Waals surface area contributed by atoms with E-state index in [1.807, 2.05) is 45.9 Å². The van der Waals surface area contributed by atoms with Crippen molar-refractivity contribution in [2.24, 2.45) is 11.5 Å². The second kappa shape index (κ2) is 13.7. The molecule has 4 heteroatoms. The van der Waals surface area contributed by atoms with Crippen LogP contribution in [0.2, 0.25) is 5.02 Å². The van der Waals surface area contributed by atoms with Gasteiger partial charge in [0.2, 0.25) is 0 Å². The Bertz CT molecular complexity index is 442. The summed E-state index contributed by atoms with van der Waals surface area (Å²) in [5.41, 5.74) is 13.9. The average molecular weight is 313 g/mol. The molecule has 0 amide bonds. The molecule has 0 fully saturated rings. The lowest BCUT2D eigenvalue weighted by atomic mass is 10.0. The van der Waals surface area contributed by atoms with Crippen LogP contribution in [-0.4, -0.2) is 5.78 Å². The van der Waals surface area contributed by atoms with Crippen molar-refractivity contribution in [3.63, 3.8) is 0 Å². The first-order chi connectivity index (χ1) is 10.0. The molecule has 0 radical (unpaired) electrons. The maximum absolute atomic E-state index is 10.8. The zero-order valence-electron chi connectivity index (χ0n) is 13.9. The van der Waals surface area contributed by atoms with Gasteiger partial charge in [-0.2, -0.15) is 0 Å². The summed E-state index contributed by atoms with van der Waals surface area (Å²) < 4.78 is 0. The first-order valence-corrected chi connectivity index (χ1v) is 7.84. The second-order valence-corrected chi connectivity index (χ2v) is 4.37. The summed E-state index contributed by atoms with van der Waals surface area (Å²) in [6.07, 6.45) is 2.77. The Labute approximate surface area is 134 Å². The van der Waals surface area contributed by atoms with Gasteiger partial charge in [0.15, 0.2) is 5.78 Å². The smallest absolute Gasteiger partial charge is 0.154 e. The van der Waals surface area contributed by atoms with E-state index < -0.39 is 0 Å². The number of carbonyl (C=O) groups is 1. The van der Waals surface area contributed by atoms with Crippen LogP contribution < -0.4 is 11.5 Å². The summed E-state index contributed by atoms with van der Waals surface area (Å²) in [5.74, 6) is -0.0377. The zero-order chi connectivity index (χ0) is 16.8. The molecule has 0 aliphatic heterocycles. The second-order valence-electron chi connectivity index (χ2n) is 3.96. The Morgan fingerprint density at radius 1 is 1.24 bits per heavy atom. The first kappa shape index (κ1) is 22.0. The lowest BCUT2D eigenvalue weighted by Crippen LogP contribution is -2.03. The number of allylic oxidation sites excluding steroid dienone is 2. The van der Waals surface area contributed by atoms with Crippen molar-refractivity contribution in [3.05, 3.63) is 46.1 Å². The van der Waals surface area contributed by atoms with Crippen molar-refractivity contribution in [1.29, 1.82) is 0 Å². The van der Waals surface area contributed by atoms with Crippen LogP contribution in [-0.2, 0) is 17.8 Å². The molecular formula is C17H29ClN2O. The molecule has 0 atom stereocenters. The minimum absolute atomic E-state index is 0.0377. The highest BCUT2D eigenvalue weighted by Crippen LogP contribution is 2.19. The normalized spacial score (nSPS) is 9.95. The minimum Gasteiger partial charge on any atom is -0.402 e.